The predicted molar refractivity (Wildman–Crippen MR) is 256 cm³/mol. The van der Waals surface area contributed by atoms with Crippen LogP contribution in [-0.4, -0.2) is 66.3 Å². The number of phosphoric acid groups is 1. The van der Waals surface area contributed by atoms with Crippen LogP contribution in [-0.2, 0) is 27.9 Å². The van der Waals surface area contributed by atoms with Crippen molar-refractivity contribution in [2.24, 2.45) is 0 Å². The highest BCUT2D eigenvalue weighted by Gasteiger charge is 2.26. The molecule has 0 fully saturated rings. The zero-order valence-electron chi connectivity index (χ0n) is 38.6. The Morgan fingerprint density at radius 2 is 0.934 bits per heavy atom. The Morgan fingerprint density at radius 3 is 1.43 bits per heavy atom. The minimum atomic E-state index is -4.53. The van der Waals surface area contributed by atoms with E-state index in [1.807, 2.05) is 0 Å². The molecule has 0 aliphatic heterocycles. The lowest BCUT2D eigenvalue weighted by molar-refractivity contribution is -0.154. The highest BCUT2D eigenvalue weighted by molar-refractivity contribution is 7.47. The van der Waals surface area contributed by atoms with Gasteiger partial charge in [-0.15, -0.1) is 0 Å². The number of rotatable bonds is 45. The van der Waals surface area contributed by atoms with Crippen molar-refractivity contribution >= 4 is 13.8 Å². The number of unbranched alkanes of at least 4 members (excludes halogenated alkanes) is 17. The number of esters is 1. The number of phosphoric ester groups is 1. The van der Waals surface area contributed by atoms with E-state index in [9.17, 15) is 19.4 Å². The van der Waals surface area contributed by atoms with E-state index >= 15 is 0 Å². The van der Waals surface area contributed by atoms with E-state index in [1.54, 1.807) is 0 Å². The number of hydrogen-bond acceptors (Lipinski definition) is 8. The van der Waals surface area contributed by atoms with Gasteiger partial charge < -0.3 is 24.6 Å². The van der Waals surface area contributed by atoms with Crippen molar-refractivity contribution in [3.05, 3.63) is 85.1 Å². The fourth-order valence-corrected chi connectivity index (χ4v) is 6.97. The summed E-state index contributed by atoms with van der Waals surface area (Å²) in [6, 6.07) is 0. The molecule has 9 nitrogen and oxygen atoms in total. The first-order valence-electron chi connectivity index (χ1n) is 24.1. The van der Waals surface area contributed by atoms with E-state index in [1.165, 1.54) is 51.4 Å². The molecule has 3 unspecified atom stereocenters. The molecular weight excluding hydrogens is 788 g/mol. The highest BCUT2D eigenvalue weighted by atomic mass is 31.2. The second-order valence-corrected chi connectivity index (χ2v) is 17.2. The van der Waals surface area contributed by atoms with Gasteiger partial charge in [-0.2, -0.15) is 0 Å². The zero-order valence-corrected chi connectivity index (χ0v) is 39.5. The second kappa shape index (κ2) is 47.1. The second-order valence-electron chi connectivity index (χ2n) is 15.7. The van der Waals surface area contributed by atoms with Gasteiger partial charge in [-0.3, -0.25) is 13.8 Å². The number of carbonyl (C=O) groups excluding carboxylic acids is 1. The summed E-state index contributed by atoms with van der Waals surface area (Å²) in [6.45, 7) is 3.33. The summed E-state index contributed by atoms with van der Waals surface area (Å²) >= 11 is 0. The predicted octanol–water partition coefficient (Wildman–Crippen LogP) is 13.9. The van der Waals surface area contributed by atoms with Gasteiger partial charge in [-0.25, -0.2) is 4.57 Å². The van der Waals surface area contributed by atoms with Crippen LogP contribution >= 0.6 is 7.82 Å². The van der Waals surface area contributed by atoms with Crippen LogP contribution in [0, 0.1) is 0 Å². The minimum absolute atomic E-state index is 0.0279. The number of ether oxygens (including phenoxy) is 2. The van der Waals surface area contributed by atoms with E-state index in [0.717, 1.165) is 109 Å². The Bertz CT molecular complexity index is 1220. The molecule has 0 aliphatic rings. The third-order valence-electron chi connectivity index (χ3n) is 9.81. The summed E-state index contributed by atoms with van der Waals surface area (Å²) in [5.74, 6) is -0.401. The van der Waals surface area contributed by atoms with Gasteiger partial charge in [-0.1, -0.05) is 176 Å². The van der Waals surface area contributed by atoms with E-state index in [4.69, 9.17) is 23.6 Å². The van der Waals surface area contributed by atoms with Gasteiger partial charge in [0, 0.05) is 13.0 Å². The van der Waals surface area contributed by atoms with Crippen molar-refractivity contribution in [1.82, 2.24) is 0 Å². The van der Waals surface area contributed by atoms with Crippen molar-refractivity contribution in [3.63, 3.8) is 0 Å². The lowest BCUT2D eigenvalue weighted by atomic mass is 10.1. The van der Waals surface area contributed by atoms with Gasteiger partial charge in [0.25, 0.3) is 0 Å². The molecule has 0 bridgehead atoms. The van der Waals surface area contributed by atoms with Gasteiger partial charge in [0.15, 0.2) is 0 Å². The normalized spacial score (nSPS) is 14.6. The standard InChI is InChI=1S/C51H89O9P/c1-3-5-7-9-11-13-15-17-19-21-22-23-24-25-26-27-28-30-32-34-36-38-40-42-44-57-47-50(48-59-61(55,56)58-46-49(53)45-52)60-51(54)43-41-39-37-35-33-31-29-20-18-16-14-12-10-8-6-4-2/h5,7,11,13,17,19-20,22-23,25-26,28-30,49-50,52-53H,3-4,6,8-10,12,14-16,18,21,24,27,31-48H2,1-2H3,(H,55,56)/b7-5-,13-11-,19-17-,23-22-,26-25-,29-20-,30-28-. The third kappa shape index (κ3) is 47.0. The molecular formula is C51H89O9P. The van der Waals surface area contributed by atoms with Crippen molar-refractivity contribution < 1.29 is 43.0 Å². The lowest BCUT2D eigenvalue weighted by Gasteiger charge is -2.20. The summed E-state index contributed by atoms with van der Waals surface area (Å²) in [4.78, 5) is 22.6. The van der Waals surface area contributed by atoms with Crippen molar-refractivity contribution in [3.8, 4) is 0 Å². The maximum atomic E-state index is 12.6. The van der Waals surface area contributed by atoms with Crippen molar-refractivity contribution in [2.45, 2.75) is 199 Å². The molecule has 0 radical (unpaired) electrons. The van der Waals surface area contributed by atoms with Gasteiger partial charge in [0.1, 0.15) is 12.2 Å². The molecule has 0 heterocycles. The molecule has 3 N–H and O–H groups in total. The van der Waals surface area contributed by atoms with Gasteiger partial charge in [0.05, 0.1) is 26.4 Å². The van der Waals surface area contributed by atoms with Crippen LogP contribution in [0.15, 0.2) is 85.1 Å². The molecule has 61 heavy (non-hydrogen) atoms. The Kier molecular flexibility index (Phi) is 45.3. The Labute approximate surface area is 373 Å². The average Bonchev–Trinajstić information content (AvgIpc) is 3.25. The van der Waals surface area contributed by atoms with Crippen LogP contribution in [0.2, 0.25) is 0 Å². The van der Waals surface area contributed by atoms with Gasteiger partial charge >= 0.3 is 13.8 Å². The van der Waals surface area contributed by atoms with E-state index in [-0.39, 0.29) is 13.0 Å². The molecule has 352 valence electrons. The van der Waals surface area contributed by atoms with Crippen LogP contribution in [0.4, 0.5) is 0 Å². The first-order valence-corrected chi connectivity index (χ1v) is 25.6. The van der Waals surface area contributed by atoms with E-state index < -0.39 is 45.8 Å². The van der Waals surface area contributed by atoms with E-state index in [2.05, 4.69) is 98.9 Å². The first-order chi connectivity index (χ1) is 29.8. The number of aliphatic hydroxyl groups excluding tert-OH is 2. The van der Waals surface area contributed by atoms with Crippen LogP contribution in [0.3, 0.4) is 0 Å². The molecule has 10 heteroatoms. The van der Waals surface area contributed by atoms with Crippen LogP contribution < -0.4 is 0 Å². The molecule has 0 aromatic heterocycles. The van der Waals surface area contributed by atoms with E-state index in [0.29, 0.717) is 13.0 Å². The van der Waals surface area contributed by atoms with Crippen molar-refractivity contribution in [1.29, 1.82) is 0 Å². The summed E-state index contributed by atoms with van der Waals surface area (Å²) < 4.78 is 33.4. The number of aliphatic hydroxyl groups is 2. The number of carbonyl (C=O) groups is 1. The Morgan fingerprint density at radius 1 is 0.525 bits per heavy atom. The van der Waals surface area contributed by atoms with Crippen LogP contribution in [0.25, 0.3) is 0 Å². The van der Waals surface area contributed by atoms with Gasteiger partial charge in [0.2, 0.25) is 0 Å². The highest BCUT2D eigenvalue weighted by Crippen LogP contribution is 2.43. The van der Waals surface area contributed by atoms with Gasteiger partial charge in [-0.05, 0) is 89.9 Å². The topological polar surface area (TPSA) is 132 Å². The Balaban J connectivity index is 4.19. The summed E-state index contributed by atoms with van der Waals surface area (Å²) in [5.41, 5.74) is 0. The minimum Gasteiger partial charge on any atom is -0.457 e. The van der Waals surface area contributed by atoms with Crippen LogP contribution in [0.1, 0.15) is 187 Å². The Hall–Kier alpha value is -2.36. The molecule has 0 saturated heterocycles. The van der Waals surface area contributed by atoms with Crippen LogP contribution in [0.5, 0.6) is 0 Å². The van der Waals surface area contributed by atoms with Crippen molar-refractivity contribution in [2.75, 3.05) is 33.0 Å². The first kappa shape index (κ1) is 58.6. The molecule has 0 rings (SSSR count). The fourth-order valence-electron chi connectivity index (χ4n) is 6.18. The maximum Gasteiger partial charge on any atom is 0.472 e. The number of hydrogen-bond donors (Lipinski definition) is 3. The quantitative estimate of drug-likeness (QED) is 0.0237. The average molecular weight is 877 g/mol. The summed E-state index contributed by atoms with van der Waals surface area (Å²) in [5, 5.41) is 18.4. The molecule has 0 aliphatic carbocycles. The SMILES string of the molecule is CC/C=C\C/C=C\C/C=C\C/C=C\C/C=C\C/C=C\CCCCCCCOCC(COP(=O)(O)OCC(O)CO)OC(=O)CCCCCCC/C=C\CCCCCCCCC. The maximum absolute atomic E-state index is 12.6. The molecule has 3 atom stereocenters. The fraction of sp³-hybridized carbons (Fsp3) is 0.706. The lowest BCUT2D eigenvalue weighted by Crippen LogP contribution is -2.29. The summed E-state index contributed by atoms with van der Waals surface area (Å²) in [6.07, 6.45) is 58.3. The largest absolute Gasteiger partial charge is 0.472 e. The summed E-state index contributed by atoms with van der Waals surface area (Å²) in [7, 11) is -4.53. The number of allylic oxidation sites excluding steroid dienone is 14. The molecule has 0 aromatic carbocycles. The molecule has 0 spiro atoms. The molecule has 0 amide bonds. The zero-order chi connectivity index (χ0) is 44.6. The monoisotopic (exact) mass is 877 g/mol. The molecule has 0 aromatic rings. The third-order valence-corrected chi connectivity index (χ3v) is 10.8. The smallest absolute Gasteiger partial charge is 0.457 e. The molecule has 0 saturated carbocycles.